The van der Waals surface area contributed by atoms with E-state index in [1.54, 1.807) is 13.3 Å². The molecule has 0 aromatic carbocycles. The van der Waals surface area contributed by atoms with Gasteiger partial charge in [-0.25, -0.2) is 0 Å². The predicted octanol–water partition coefficient (Wildman–Crippen LogP) is 0.527. The van der Waals surface area contributed by atoms with Gasteiger partial charge in [-0.1, -0.05) is 0 Å². The first-order valence-corrected chi connectivity index (χ1v) is 2.83. The second kappa shape index (κ2) is 2.23. The molecule has 0 bridgehead atoms. The van der Waals surface area contributed by atoms with E-state index >= 15 is 0 Å². The normalized spacial score (nSPS) is 27.9. The van der Waals surface area contributed by atoms with E-state index in [4.69, 9.17) is 4.74 Å². The highest BCUT2D eigenvalue weighted by molar-refractivity contribution is 7.98. The van der Waals surface area contributed by atoms with Gasteiger partial charge >= 0.3 is 0 Å². The molecule has 1 unspecified atom stereocenters. The second-order valence-electron chi connectivity index (χ2n) is 1.11. The highest BCUT2D eigenvalue weighted by atomic mass is 32.2. The molecule has 0 amide bonds. The molecular weight excluding hydrogens is 110 g/mol. The molecule has 0 fully saturated rings. The van der Waals surface area contributed by atoms with Crippen LogP contribution in [0.15, 0.2) is 6.20 Å². The first-order valence-electron chi connectivity index (χ1n) is 1.95. The fourth-order valence-corrected chi connectivity index (χ4v) is 0.840. The molecule has 2 nitrogen and oxygen atoms in total. The molecule has 1 aliphatic rings. The number of hydrogen-bond donors (Lipinski definition) is 1. The third kappa shape index (κ3) is 1.11. The van der Waals surface area contributed by atoms with Crippen LogP contribution in [0.1, 0.15) is 0 Å². The SMILES string of the molecule is COC1[C]=CNS1. The van der Waals surface area contributed by atoms with Crippen molar-refractivity contribution in [2.45, 2.75) is 5.44 Å². The molecule has 3 heteroatoms. The smallest absolute Gasteiger partial charge is 0.148 e. The second-order valence-corrected chi connectivity index (χ2v) is 2.01. The third-order valence-electron chi connectivity index (χ3n) is 0.667. The van der Waals surface area contributed by atoms with Crippen molar-refractivity contribution in [1.29, 1.82) is 0 Å². The van der Waals surface area contributed by atoms with Crippen LogP contribution in [0.5, 0.6) is 0 Å². The van der Waals surface area contributed by atoms with Crippen LogP contribution >= 0.6 is 11.9 Å². The van der Waals surface area contributed by atoms with Gasteiger partial charge in [0.2, 0.25) is 0 Å². The standard InChI is InChI=1S/C4H6NOS/c1-6-4-2-3-5-7-4/h3-5H,1H3. The van der Waals surface area contributed by atoms with Crippen LogP contribution in [0, 0.1) is 6.08 Å². The summed E-state index contributed by atoms with van der Waals surface area (Å²) < 4.78 is 7.75. The summed E-state index contributed by atoms with van der Waals surface area (Å²) >= 11 is 1.50. The lowest BCUT2D eigenvalue weighted by Crippen LogP contribution is -1.98. The Morgan fingerprint density at radius 1 is 2.00 bits per heavy atom. The topological polar surface area (TPSA) is 21.3 Å². The lowest BCUT2D eigenvalue weighted by Gasteiger charge is -1.98. The molecule has 1 aliphatic heterocycles. The maximum Gasteiger partial charge on any atom is 0.148 e. The van der Waals surface area contributed by atoms with E-state index in [1.165, 1.54) is 11.9 Å². The lowest BCUT2D eigenvalue weighted by atomic mass is 10.6. The van der Waals surface area contributed by atoms with E-state index in [0.717, 1.165) is 0 Å². The van der Waals surface area contributed by atoms with Crippen molar-refractivity contribution in [1.82, 2.24) is 4.72 Å². The zero-order chi connectivity index (χ0) is 5.11. The van der Waals surface area contributed by atoms with Gasteiger partial charge in [0.1, 0.15) is 5.44 Å². The lowest BCUT2D eigenvalue weighted by molar-refractivity contribution is 0.204. The Balaban J connectivity index is 2.28. The van der Waals surface area contributed by atoms with Crippen molar-refractivity contribution in [2.75, 3.05) is 7.11 Å². The van der Waals surface area contributed by atoms with Crippen LogP contribution in [-0.2, 0) is 4.74 Å². The summed E-state index contributed by atoms with van der Waals surface area (Å²) in [5.74, 6) is 0. The third-order valence-corrected chi connectivity index (χ3v) is 1.46. The molecule has 1 atom stereocenters. The zero-order valence-electron chi connectivity index (χ0n) is 3.97. The molecule has 0 aromatic rings. The van der Waals surface area contributed by atoms with Gasteiger partial charge in [-0.3, -0.25) is 0 Å². The van der Waals surface area contributed by atoms with Crippen molar-refractivity contribution < 1.29 is 4.74 Å². The fourth-order valence-electron chi connectivity index (χ4n) is 0.348. The van der Waals surface area contributed by atoms with Gasteiger partial charge in [-0.05, 0) is 11.9 Å². The van der Waals surface area contributed by atoms with Crippen LogP contribution < -0.4 is 4.72 Å². The van der Waals surface area contributed by atoms with Crippen molar-refractivity contribution >= 4 is 11.9 Å². The average Bonchev–Trinajstić information content (AvgIpc) is 2.14. The molecule has 0 spiro atoms. The highest BCUT2D eigenvalue weighted by Gasteiger charge is 2.06. The molecule has 0 aromatic heterocycles. The molecule has 39 valence electrons. The van der Waals surface area contributed by atoms with Gasteiger partial charge in [0.05, 0.1) is 0 Å². The quantitative estimate of drug-likeness (QED) is 0.505. The van der Waals surface area contributed by atoms with Gasteiger partial charge in [-0.15, -0.1) is 0 Å². The Morgan fingerprint density at radius 2 is 2.86 bits per heavy atom. The Bertz CT molecular complexity index is 83.8. The molecule has 1 radical (unpaired) electrons. The molecule has 0 aliphatic carbocycles. The monoisotopic (exact) mass is 116 g/mol. The van der Waals surface area contributed by atoms with Gasteiger partial charge in [0.15, 0.2) is 0 Å². The molecule has 0 saturated carbocycles. The number of hydrogen-bond acceptors (Lipinski definition) is 3. The molecule has 0 saturated heterocycles. The number of nitrogens with one attached hydrogen (secondary N) is 1. The van der Waals surface area contributed by atoms with E-state index < -0.39 is 0 Å². The molecule has 1 heterocycles. The van der Waals surface area contributed by atoms with Crippen LogP contribution in [-0.4, -0.2) is 12.5 Å². The van der Waals surface area contributed by atoms with Crippen LogP contribution in [0.2, 0.25) is 0 Å². The summed E-state index contributed by atoms with van der Waals surface area (Å²) in [6, 6.07) is 0. The van der Waals surface area contributed by atoms with Gasteiger partial charge in [0, 0.05) is 19.4 Å². The maximum atomic E-state index is 4.87. The number of ether oxygens (including phenoxy) is 1. The molecule has 1 rings (SSSR count). The largest absolute Gasteiger partial charge is 0.364 e. The number of methoxy groups -OCH3 is 1. The minimum absolute atomic E-state index is 0.0972. The van der Waals surface area contributed by atoms with E-state index in [9.17, 15) is 0 Å². The van der Waals surface area contributed by atoms with E-state index in [0.29, 0.717) is 0 Å². The minimum Gasteiger partial charge on any atom is -0.364 e. The zero-order valence-corrected chi connectivity index (χ0v) is 4.79. The molecule has 1 N–H and O–H groups in total. The van der Waals surface area contributed by atoms with Crippen molar-refractivity contribution in [2.24, 2.45) is 0 Å². The van der Waals surface area contributed by atoms with Gasteiger partial charge in [0.25, 0.3) is 0 Å². The van der Waals surface area contributed by atoms with E-state index in [-0.39, 0.29) is 5.44 Å². The van der Waals surface area contributed by atoms with Crippen molar-refractivity contribution in [3.05, 3.63) is 12.3 Å². The van der Waals surface area contributed by atoms with Crippen LogP contribution in [0.25, 0.3) is 0 Å². The number of rotatable bonds is 1. The van der Waals surface area contributed by atoms with Crippen molar-refractivity contribution in [3.8, 4) is 0 Å². The Kier molecular flexibility index (Phi) is 1.59. The Hall–Kier alpha value is -0.150. The Morgan fingerprint density at radius 3 is 3.14 bits per heavy atom. The predicted molar refractivity (Wildman–Crippen MR) is 29.3 cm³/mol. The maximum absolute atomic E-state index is 4.87. The molecular formula is C4H6NOS. The fraction of sp³-hybridized carbons (Fsp3) is 0.500. The minimum atomic E-state index is 0.0972. The first-order chi connectivity index (χ1) is 3.43. The van der Waals surface area contributed by atoms with Crippen LogP contribution in [0.4, 0.5) is 0 Å². The molecule has 7 heavy (non-hydrogen) atoms. The average molecular weight is 116 g/mol. The van der Waals surface area contributed by atoms with Crippen molar-refractivity contribution in [3.63, 3.8) is 0 Å². The van der Waals surface area contributed by atoms with E-state index in [1.807, 2.05) is 0 Å². The van der Waals surface area contributed by atoms with Crippen LogP contribution in [0.3, 0.4) is 0 Å². The highest BCUT2D eigenvalue weighted by Crippen LogP contribution is 2.12. The summed E-state index contributed by atoms with van der Waals surface area (Å²) in [4.78, 5) is 0. The summed E-state index contributed by atoms with van der Waals surface area (Å²) in [6.07, 6.45) is 4.66. The summed E-state index contributed by atoms with van der Waals surface area (Å²) in [6.45, 7) is 0. The Labute approximate surface area is 47.1 Å². The summed E-state index contributed by atoms with van der Waals surface area (Å²) in [7, 11) is 1.66. The van der Waals surface area contributed by atoms with Gasteiger partial charge < -0.3 is 9.46 Å². The summed E-state index contributed by atoms with van der Waals surface area (Å²) in [5.41, 5.74) is 0.0972. The van der Waals surface area contributed by atoms with E-state index in [2.05, 4.69) is 10.8 Å². The van der Waals surface area contributed by atoms with Gasteiger partial charge in [-0.2, -0.15) is 0 Å². The summed E-state index contributed by atoms with van der Waals surface area (Å²) in [5, 5.41) is 0. The first kappa shape index (κ1) is 5.00.